The van der Waals surface area contributed by atoms with Crippen LogP contribution in [0.4, 0.5) is 0 Å². The summed E-state index contributed by atoms with van der Waals surface area (Å²) >= 11 is 5.22. The van der Waals surface area contributed by atoms with Gasteiger partial charge in [0.25, 0.3) is 0 Å². The maximum Gasteiger partial charge on any atom is 0.236 e. The third-order valence-corrected chi connectivity index (χ3v) is 6.19. The summed E-state index contributed by atoms with van der Waals surface area (Å²) in [6.07, 6.45) is 14.2. The number of carbonyl (C=O) groups excluding carboxylic acids is 1. The van der Waals surface area contributed by atoms with E-state index in [2.05, 4.69) is 4.90 Å². The summed E-state index contributed by atoms with van der Waals surface area (Å²) in [7, 11) is 0. The first-order chi connectivity index (χ1) is 10.1. The zero-order chi connectivity index (χ0) is 14.9. The number of amides is 1. The van der Waals surface area contributed by atoms with Crippen molar-refractivity contribution in [1.29, 1.82) is 0 Å². The fourth-order valence-electron chi connectivity index (χ4n) is 4.29. The summed E-state index contributed by atoms with van der Waals surface area (Å²) in [4.78, 5) is 15.9. The molecule has 0 atom stereocenters. The van der Waals surface area contributed by atoms with E-state index in [0.717, 1.165) is 12.8 Å². The third-order valence-electron chi connectivity index (χ3n) is 5.80. The van der Waals surface area contributed by atoms with Gasteiger partial charge in [-0.2, -0.15) is 0 Å². The van der Waals surface area contributed by atoms with E-state index in [4.69, 9.17) is 18.0 Å². The molecule has 3 aliphatic rings. The third kappa shape index (κ3) is 2.96. The molecule has 3 saturated carbocycles. The Bertz CT molecular complexity index is 389. The Hall–Kier alpha value is -0.640. The molecule has 3 nitrogen and oxygen atoms in total. The fraction of sp³-hybridized carbons (Fsp3) is 0.882. The predicted octanol–water partition coefficient (Wildman–Crippen LogP) is 3.55. The van der Waals surface area contributed by atoms with Crippen LogP contribution in [0.3, 0.4) is 0 Å². The summed E-state index contributed by atoms with van der Waals surface area (Å²) in [5.74, 6) is 0.272. The van der Waals surface area contributed by atoms with Crippen molar-refractivity contribution in [3.63, 3.8) is 0 Å². The van der Waals surface area contributed by atoms with Gasteiger partial charge < -0.3 is 10.6 Å². The molecular formula is C17H28N2OS. The Labute approximate surface area is 133 Å². The highest BCUT2D eigenvalue weighted by Gasteiger charge is 2.56. The number of nitrogens with two attached hydrogens (primary N) is 1. The minimum absolute atomic E-state index is 0.272. The van der Waals surface area contributed by atoms with Gasteiger partial charge in [-0.1, -0.05) is 50.7 Å². The zero-order valence-electron chi connectivity index (χ0n) is 13.0. The molecule has 3 rings (SSSR count). The first kappa shape index (κ1) is 15.3. The second-order valence-electron chi connectivity index (χ2n) is 7.24. The molecule has 0 bridgehead atoms. The van der Waals surface area contributed by atoms with Crippen molar-refractivity contribution in [2.24, 2.45) is 11.1 Å². The molecule has 0 radical (unpaired) electrons. The minimum Gasteiger partial charge on any atom is -0.392 e. The maximum absolute atomic E-state index is 13.2. The van der Waals surface area contributed by atoms with Gasteiger partial charge in [0.15, 0.2) is 0 Å². The van der Waals surface area contributed by atoms with Crippen LogP contribution in [0.2, 0.25) is 0 Å². The summed E-state index contributed by atoms with van der Waals surface area (Å²) in [5, 5.41) is 0. The maximum atomic E-state index is 13.2. The monoisotopic (exact) mass is 308 g/mol. The molecular weight excluding hydrogens is 280 g/mol. The second kappa shape index (κ2) is 6.23. The van der Waals surface area contributed by atoms with E-state index in [1.807, 2.05) is 0 Å². The van der Waals surface area contributed by atoms with E-state index < -0.39 is 5.41 Å². The highest BCUT2D eigenvalue weighted by molar-refractivity contribution is 7.80. The van der Waals surface area contributed by atoms with Gasteiger partial charge in [-0.15, -0.1) is 0 Å². The lowest BCUT2D eigenvalue weighted by Crippen LogP contribution is -2.53. The largest absolute Gasteiger partial charge is 0.392 e. The molecule has 0 spiro atoms. The van der Waals surface area contributed by atoms with Crippen LogP contribution in [0.1, 0.15) is 77.0 Å². The fourth-order valence-corrected chi connectivity index (χ4v) is 4.58. The van der Waals surface area contributed by atoms with Crippen LogP contribution < -0.4 is 5.73 Å². The molecule has 4 heteroatoms. The van der Waals surface area contributed by atoms with Gasteiger partial charge in [0.2, 0.25) is 5.91 Å². The molecule has 21 heavy (non-hydrogen) atoms. The Morgan fingerprint density at radius 2 is 1.33 bits per heavy atom. The molecule has 0 saturated heterocycles. The van der Waals surface area contributed by atoms with Crippen molar-refractivity contribution in [3.8, 4) is 0 Å². The van der Waals surface area contributed by atoms with E-state index in [-0.39, 0.29) is 5.91 Å². The van der Waals surface area contributed by atoms with Gasteiger partial charge in [-0.3, -0.25) is 4.79 Å². The van der Waals surface area contributed by atoms with Crippen LogP contribution in [0.25, 0.3) is 0 Å². The highest BCUT2D eigenvalue weighted by atomic mass is 32.1. The van der Waals surface area contributed by atoms with Crippen molar-refractivity contribution in [2.45, 2.75) is 89.1 Å². The number of rotatable bonds is 4. The Morgan fingerprint density at radius 1 is 0.905 bits per heavy atom. The first-order valence-corrected chi connectivity index (χ1v) is 9.19. The topological polar surface area (TPSA) is 46.3 Å². The lowest BCUT2D eigenvalue weighted by atomic mass is 9.87. The molecule has 2 N–H and O–H groups in total. The molecule has 0 heterocycles. The van der Waals surface area contributed by atoms with E-state index in [9.17, 15) is 4.79 Å². The molecule has 3 fully saturated rings. The van der Waals surface area contributed by atoms with Crippen molar-refractivity contribution in [1.82, 2.24) is 4.90 Å². The lowest BCUT2D eigenvalue weighted by molar-refractivity contribution is -0.141. The summed E-state index contributed by atoms with van der Waals surface area (Å²) < 4.78 is 0. The average molecular weight is 308 g/mol. The van der Waals surface area contributed by atoms with Crippen molar-refractivity contribution in [2.75, 3.05) is 0 Å². The quantitative estimate of drug-likeness (QED) is 0.808. The van der Waals surface area contributed by atoms with Crippen LogP contribution in [0.15, 0.2) is 0 Å². The number of hydrogen-bond acceptors (Lipinski definition) is 2. The summed E-state index contributed by atoms with van der Waals surface area (Å²) in [6, 6.07) is 0.891. The van der Waals surface area contributed by atoms with Gasteiger partial charge in [-0.25, -0.2) is 0 Å². The van der Waals surface area contributed by atoms with Gasteiger partial charge in [0.05, 0.1) is 10.4 Å². The Balaban J connectivity index is 1.80. The zero-order valence-corrected chi connectivity index (χ0v) is 13.8. The predicted molar refractivity (Wildman–Crippen MR) is 89.0 cm³/mol. The summed E-state index contributed by atoms with van der Waals surface area (Å²) in [5.41, 5.74) is 5.45. The molecule has 0 aromatic heterocycles. The molecule has 0 aliphatic heterocycles. The van der Waals surface area contributed by atoms with Gasteiger partial charge in [0.1, 0.15) is 0 Å². The second-order valence-corrected chi connectivity index (χ2v) is 7.68. The molecule has 3 aliphatic carbocycles. The van der Waals surface area contributed by atoms with Crippen LogP contribution in [-0.4, -0.2) is 27.9 Å². The Morgan fingerprint density at radius 3 is 1.67 bits per heavy atom. The van der Waals surface area contributed by atoms with Gasteiger partial charge in [-0.05, 0) is 38.5 Å². The van der Waals surface area contributed by atoms with Crippen LogP contribution >= 0.6 is 12.2 Å². The molecule has 118 valence electrons. The average Bonchev–Trinajstić information content (AvgIpc) is 3.31. The number of thiocarbonyl (C=S) groups is 1. The highest BCUT2D eigenvalue weighted by Crippen LogP contribution is 2.49. The molecule has 0 aromatic carbocycles. The Kier molecular flexibility index (Phi) is 4.53. The van der Waals surface area contributed by atoms with Crippen LogP contribution in [0.5, 0.6) is 0 Å². The minimum atomic E-state index is -0.468. The standard InChI is InChI=1S/C17H28N2OS/c18-15(21)17(11-12-17)16(20)19(13-7-3-1-4-8-13)14-9-5-2-6-10-14/h13-14H,1-12H2,(H2,18,21). The van der Waals surface area contributed by atoms with Crippen molar-refractivity contribution >= 4 is 23.1 Å². The number of nitrogens with zero attached hydrogens (tertiary/aromatic N) is 1. The number of carbonyl (C=O) groups is 1. The van der Waals surface area contributed by atoms with Crippen LogP contribution in [-0.2, 0) is 4.79 Å². The van der Waals surface area contributed by atoms with E-state index in [0.29, 0.717) is 17.1 Å². The first-order valence-electron chi connectivity index (χ1n) is 8.78. The SMILES string of the molecule is NC(=S)C1(C(=O)N(C2CCCCC2)C2CCCCC2)CC1. The van der Waals surface area contributed by atoms with E-state index in [1.54, 1.807) is 0 Å². The van der Waals surface area contributed by atoms with E-state index >= 15 is 0 Å². The van der Waals surface area contributed by atoms with Crippen molar-refractivity contribution in [3.05, 3.63) is 0 Å². The smallest absolute Gasteiger partial charge is 0.236 e. The van der Waals surface area contributed by atoms with Gasteiger partial charge >= 0.3 is 0 Å². The molecule has 1 amide bonds. The van der Waals surface area contributed by atoms with Crippen molar-refractivity contribution < 1.29 is 4.79 Å². The van der Waals surface area contributed by atoms with Crippen LogP contribution in [0, 0.1) is 5.41 Å². The molecule has 0 aromatic rings. The van der Waals surface area contributed by atoms with Gasteiger partial charge in [0, 0.05) is 12.1 Å². The number of hydrogen-bond donors (Lipinski definition) is 1. The molecule has 0 unspecified atom stereocenters. The van der Waals surface area contributed by atoms with E-state index in [1.165, 1.54) is 64.2 Å². The normalized spacial score (nSPS) is 26.3. The lowest BCUT2D eigenvalue weighted by Gasteiger charge is -2.43. The summed E-state index contributed by atoms with van der Waals surface area (Å²) in [6.45, 7) is 0.